The molecule has 3 nitrogen and oxygen atoms in total. The molecule has 3 heteroatoms. The van der Waals surface area contributed by atoms with Crippen molar-refractivity contribution in [3.63, 3.8) is 0 Å². The second kappa shape index (κ2) is 5.90. The van der Waals surface area contributed by atoms with E-state index in [4.69, 9.17) is 5.11 Å². The lowest BCUT2D eigenvalue weighted by atomic mass is 10.1. The molecule has 0 bridgehead atoms. The van der Waals surface area contributed by atoms with Crippen molar-refractivity contribution in [2.45, 2.75) is 19.7 Å². The molecule has 1 aromatic heterocycles. The zero-order valence-corrected chi connectivity index (χ0v) is 11.3. The highest BCUT2D eigenvalue weighted by Crippen LogP contribution is 2.17. The van der Waals surface area contributed by atoms with Crippen LogP contribution < -0.4 is 5.32 Å². The highest BCUT2D eigenvalue weighted by molar-refractivity contribution is 5.82. The van der Waals surface area contributed by atoms with Crippen LogP contribution >= 0.6 is 0 Å². The fraction of sp³-hybridized carbons (Fsp3) is 0.176. The fourth-order valence-corrected chi connectivity index (χ4v) is 2.38. The Balaban J connectivity index is 1.62. The van der Waals surface area contributed by atoms with Gasteiger partial charge in [-0.2, -0.15) is 0 Å². The molecular weight excluding hydrogens is 248 g/mol. The second-order valence-corrected chi connectivity index (χ2v) is 4.94. The number of aliphatic hydroxyl groups excluding tert-OH is 1. The molecule has 0 saturated heterocycles. The summed E-state index contributed by atoms with van der Waals surface area (Å²) in [5, 5.41) is 13.7. The van der Waals surface area contributed by atoms with E-state index in [0.717, 1.165) is 18.7 Å². The molecule has 2 aromatic carbocycles. The minimum absolute atomic E-state index is 0.100. The first-order valence-electron chi connectivity index (χ1n) is 6.81. The molecule has 102 valence electrons. The van der Waals surface area contributed by atoms with E-state index in [-0.39, 0.29) is 6.61 Å². The van der Waals surface area contributed by atoms with Gasteiger partial charge in [0.05, 0.1) is 6.61 Å². The van der Waals surface area contributed by atoms with Crippen molar-refractivity contribution >= 4 is 10.9 Å². The normalized spacial score (nSPS) is 11.1. The van der Waals surface area contributed by atoms with E-state index < -0.39 is 0 Å². The third-order valence-electron chi connectivity index (χ3n) is 3.53. The SMILES string of the molecule is OCc1ccc(CNCc2c[nH]c3ccccc23)cc1. The number of para-hydroxylation sites is 1. The maximum absolute atomic E-state index is 9.01. The number of H-pyrrole nitrogens is 1. The molecule has 0 saturated carbocycles. The fourth-order valence-electron chi connectivity index (χ4n) is 2.38. The maximum Gasteiger partial charge on any atom is 0.0681 e. The smallest absolute Gasteiger partial charge is 0.0681 e. The van der Waals surface area contributed by atoms with Crippen molar-refractivity contribution in [2.24, 2.45) is 0 Å². The van der Waals surface area contributed by atoms with Crippen LogP contribution in [0.15, 0.2) is 54.7 Å². The summed E-state index contributed by atoms with van der Waals surface area (Å²) < 4.78 is 0. The zero-order valence-electron chi connectivity index (χ0n) is 11.3. The molecule has 20 heavy (non-hydrogen) atoms. The van der Waals surface area contributed by atoms with E-state index in [9.17, 15) is 0 Å². The van der Waals surface area contributed by atoms with E-state index >= 15 is 0 Å². The Morgan fingerprint density at radius 2 is 1.65 bits per heavy atom. The number of rotatable bonds is 5. The number of hydrogen-bond acceptors (Lipinski definition) is 2. The monoisotopic (exact) mass is 266 g/mol. The Kier molecular flexibility index (Phi) is 3.81. The van der Waals surface area contributed by atoms with Crippen molar-refractivity contribution in [1.82, 2.24) is 10.3 Å². The van der Waals surface area contributed by atoms with Crippen LogP contribution in [0.4, 0.5) is 0 Å². The average Bonchev–Trinajstić information content (AvgIpc) is 2.92. The van der Waals surface area contributed by atoms with Crippen LogP contribution in [0.2, 0.25) is 0 Å². The first kappa shape index (κ1) is 12.9. The summed E-state index contributed by atoms with van der Waals surface area (Å²) in [5.74, 6) is 0. The zero-order chi connectivity index (χ0) is 13.8. The van der Waals surface area contributed by atoms with Gasteiger partial charge in [-0.05, 0) is 22.8 Å². The molecule has 0 atom stereocenters. The molecule has 1 heterocycles. The Morgan fingerprint density at radius 1 is 0.900 bits per heavy atom. The molecule has 0 aliphatic heterocycles. The van der Waals surface area contributed by atoms with E-state index in [1.807, 2.05) is 30.3 Å². The van der Waals surface area contributed by atoms with Gasteiger partial charge in [0.15, 0.2) is 0 Å². The van der Waals surface area contributed by atoms with E-state index in [1.165, 1.54) is 22.0 Å². The first-order chi connectivity index (χ1) is 9.86. The van der Waals surface area contributed by atoms with Crippen molar-refractivity contribution < 1.29 is 5.11 Å². The number of benzene rings is 2. The number of aromatic amines is 1. The van der Waals surface area contributed by atoms with Gasteiger partial charge in [0, 0.05) is 30.2 Å². The summed E-state index contributed by atoms with van der Waals surface area (Å²) >= 11 is 0. The van der Waals surface area contributed by atoms with Crippen molar-refractivity contribution in [2.75, 3.05) is 0 Å². The lowest BCUT2D eigenvalue weighted by molar-refractivity contribution is 0.282. The molecule has 0 unspecified atom stereocenters. The van der Waals surface area contributed by atoms with Gasteiger partial charge < -0.3 is 15.4 Å². The lowest BCUT2D eigenvalue weighted by Gasteiger charge is -2.05. The highest BCUT2D eigenvalue weighted by Gasteiger charge is 2.02. The Hall–Kier alpha value is -2.10. The second-order valence-electron chi connectivity index (χ2n) is 4.94. The van der Waals surface area contributed by atoms with Crippen molar-refractivity contribution in [3.8, 4) is 0 Å². The summed E-state index contributed by atoms with van der Waals surface area (Å²) in [6, 6.07) is 16.4. The van der Waals surface area contributed by atoms with E-state index in [2.05, 4.69) is 34.7 Å². The van der Waals surface area contributed by atoms with Crippen LogP contribution in [0.1, 0.15) is 16.7 Å². The molecule has 3 aromatic rings. The van der Waals surface area contributed by atoms with Crippen LogP contribution in [0.5, 0.6) is 0 Å². The molecule has 0 radical (unpaired) electrons. The molecule has 3 rings (SSSR count). The number of aromatic nitrogens is 1. The molecule has 0 aliphatic rings. The topological polar surface area (TPSA) is 48.0 Å². The van der Waals surface area contributed by atoms with Gasteiger partial charge in [-0.3, -0.25) is 0 Å². The Bertz CT molecular complexity index is 686. The molecule has 0 spiro atoms. The number of hydrogen-bond donors (Lipinski definition) is 3. The minimum Gasteiger partial charge on any atom is -0.392 e. The third-order valence-corrected chi connectivity index (χ3v) is 3.53. The maximum atomic E-state index is 9.01. The summed E-state index contributed by atoms with van der Waals surface area (Å²) in [6.07, 6.45) is 2.06. The summed E-state index contributed by atoms with van der Waals surface area (Å²) in [6.45, 7) is 1.76. The molecule has 0 amide bonds. The largest absolute Gasteiger partial charge is 0.392 e. The Labute approximate surface area is 118 Å². The standard InChI is InChI=1S/C17H18N2O/c20-12-14-7-5-13(6-8-14)9-18-10-15-11-19-17-4-2-1-3-16(15)17/h1-8,11,18-20H,9-10,12H2. The van der Waals surface area contributed by atoms with Crippen LogP contribution in [-0.4, -0.2) is 10.1 Å². The van der Waals surface area contributed by atoms with Crippen LogP contribution in [-0.2, 0) is 19.7 Å². The van der Waals surface area contributed by atoms with Crippen molar-refractivity contribution in [1.29, 1.82) is 0 Å². The average molecular weight is 266 g/mol. The minimum atomic E-state index is 0.100. The highest BCUT2D eigenvalue weighted by atomic mass is 16.3. The summed E-state index contributed by atoms with van der Waals surface area (Å²) in [4.78, 5) is 3.28. The number of fused-ring (bicyclic) bond motifs is 1. The van der Waals surface area contributed by atoms with Gasteiger partial charge >= 0.3 is 0 Å². The van der Waals surface area contributed by atoms with Crippen LogP contribution in [0, 0.1) is 0 Å². The van der Waals surface area contributed by atoms with Gasteiger partial charge in [0.1, 0.15) is 0 Å². The van der Waals surface area contributed by atoms with Gasteiger partial charge in [0.25, 0.3) is 0 Å². The van der Waals surface area contributed by atoms with Crippen LogP contribution in [0.3, 0.4) is 0 Å². The summed E-state index contributed by atoms with van der Waals surface area (Å²) in [7, 11) is 0. The van der Waals surface area contributed by atoms with Crippen LogP contribution in [0.25, 0.3) is 10.9 Å². The lowest BCUT2D eigenvalue weighted by Crippen LogP contribution is -2.12. The molecule has 0 fully saturated rings. The molecule has 0 aliphatic carbocycles. The van der Waals surface area contributed by atoms with Crippen molar-refractivity contribution in [3.05, 3.63) is 71.4 Å². The van der Waals surface area contributed by atoms with Gasteiger partial charge in [-0.1, -0.05) is 42.5 Å². The molecule has 3 N–H and O–H groups in total. The number of nitrogens with one attached hydrogen (secondary N) is 2. The van der Waals surface area contributed by atoms with E-state index in [0.29, 0.717) is 0 Å². The molecular formula is C17H18N2O. The van der Waals surface area contributed by atoms with E-state index in [1.54, 1.807) is 0 Å². The predicted molar refractivity (Wildman–Crippen MR) is 81.2 cm³/mol. The number of aliphatic hydroxyl groups is 1. The van der Waals surface area contributed by atoms with Gasteiger partial charge in [-0.15, -0.1) is 0 Å². The quantitative estimate of drug-likeness (QED) is 0.665. The third kappa shape index (κ3) is 2.74. The Morgan fingerprint density at radius 3 is 2.45 bits per heavy atom. The summed E-state index contributed by atoms with van der Waals surface area (Å²) in [5.41, 5.74) is 4.64. The van der Waals surface area contributed by atoms with Gasteiger partial charge in [0.2, 0.25) is 0 Å². The predicted octanol–water partition coefficient (Wildman–Crippen LogP) is 2.95. The first-order valence-corrected chi connectivity index (χ1v) is 6.81. The van der Waals surface area contributed by atoms with Gasteiger partial charge in [-0.25, -0.2) is 0 Å².